The lowest BCUT2D eigenvalue weighted by Crippen LogP contribution is -2.04. The predicted molar refractivity (Wildman–Crippen MR) is 60.9 cm³/mol. The van der Waals surface area contributed by atoms with E-state index in [0.717, 1.165) is 22.8 Å². The molecule has 0 aliphatic carbocycles. The quantitative estimate of drug-likeness (QED) is 0.729. The van der Waals surface area contributed by atoms with Crippen LogP contribution in [0.4, 0.5) is 13.2 Å². The summed E-state index contributed by atoms with van der Waals surface area (Å²) in [6.45, 7) is 3.75. The van der Waals surface area contributed by atoms with Gasteiger partial charge in [-0.15, -0.1) is 0 Å². The number of alkyl halides is 3. The predicted octanol–water partition coefficient (Wildman–Crippen LogP) is 4.12. The molecule has 17 heavy (non-hydrogen) atoms. The van der Waals surface area contributed by atoms with Crippen LogP contribution in [0.2, 0.25) is 0 Å². The van der Waals surface area contributed by atoms with Gasteiger partial charge < -0.3 is 0 Å². The van der Waals surface area contributed by atoms with Gasteiger partial charge in [-0.2, -0.15) is 13.2 Å². The third-order valence-corrected chi connectivity index (χ3v) is 2.76. The molecule has 90 valence electrons. The fraction of sp³-hybridized carbons (Fsp3) is 0.308. The van der Waals surface area contributed by atoms with Crippen molar-refractivity contribution in [2.24, 2.45) is 0 Å². The highest BCUT2D eigenvalue weighted by Crippen LogP contribution is 2.32. The number of aryl methyl sites for hydroxylation is 2. The Labute approximate surface area is 97.3 Å². The minimum Gasteiger partial charge on any atom is -0.258 e. The zero-order valence-electron chi connectivity index (χ0n) is 9.60. The summed E-state index contributed by atoms with van der Waals surface area (Å²) in [7, 11) is 0. The molecule has 4 heteroatoms. The van der Waals surface area contributed by atoms with Gasteiger partial charge in [-0.3, -0.25) is 4.98 Å². The van der Waals surface area contributed by atoms with Crippen LogP contribution < -0.4 is 0 Å². The molecule has 0 aliphatic heterocycles. The number of benzene rings is 1. The molecule has 0 atom stereocenters. The Morgan fingerprint density at radius 2 is 1.88 bits per heavy atom. The minimum atomic E-state index is -4.29. The molecule has 1 nitrogen and oxygen atoms in total. The summed E-state index contributed by atoms with van der Waals surface area (Å²) < 4.78 is 37.7. The van der Waals surface area contributed by atoms with Crippen molar-refractivity contribution in [3.05, 3.63) is 41.2 Å². The van der Waals surface area contributed by atoms with Gasteiger partial charge in [0, 0.05) is 16.8 Å². The maximum Gasteiger partial charge on any atom is 0.416 e. The second-order valence-electron chi connectivity index (χ2n) is 3.99. The average molecular weight is 239 g/mol. The lowest BCUT2D eigenvalue weighted by Gasteiger charge is -2.09. The van der Waals surface area contributed by atoms with E-state index in [0.29, 0.717) is 11.8 Å². The average Bonchev–Trinajstić information content (AvgIpc) is 2.27. The first-order chi connectivity index (χ1) is 7.91. The van der Waals surface area contributed by atoms with Crippen LogP contribution >= 0.6 is 0 Å². The van der Waals surface area contributed by atoms with Crippen molar-refractivity contribution in [3.63, 3.8) is 0 Å². The summed E-state index contributed by atoms with van der Waals surface area (Å²) in [6.07, 6.45) is -3.58. The van der Waals surface area contributed by atoms with E-state index in [1.165, 1.54) is 12.1 Å². The van der Waals surface area contributed by atoms with Crippen molar-refractivity contribution >= 4 is 10.8 Å². The second-order valence-corrected chi connectivity index (χ2v) is 3.99. The van der Waals surface area contributed by atoms with E-state index in [9.17, 15) is 13.2 Å². The summed E-state index contributed by atoms with van der Waals surface area (Å²) in [5, 5.41) is 1.37. The molecule has 1 aromatic carbocycles. The molecule has 0 fully saturated rings. The number of hydrogen-bond acceptors (Lipinski definition) is 1. The zero-order chi connectivity index (χ0) is 12.6. The van der Waals surface area contributed by atoms with Gasteiger partial charge in [0.25, 0.3) is 0 Å². The minimum absolute atomic E-state index is 0.601. The van der Waals surface area contributed by atoms with Crippen molar-refractivity contribution in [2.75, 3.05) is 0 Å². The first-order valence-corrected chi connectivity index (χ1v) is 5.39. The summed E-state index contributed by atoms with van der Waals surface area (Å²) in [4.78, 5) is 4.33. The summed E-state index contributed by atoms with van der Waals surface area (Å²) in [6, 6.07) is 5.49. The van der Waals surface area contributed by atoms with Crippen molar-refractivity contribution in [1.82, 2.24) is 4.98 Å². The number of rotatable bonds is 1. The monoisotopic (exact) mass is 239 g/mol. The molecule has 1 aromatic heterocycles. The fourth-order valence-electron chi connectivity index (χ4n) is 1.86. The molecule has 0 aliphatic rings. The van der Waals surface area contributed by atoms with Crippen LogP contribution in [0.3, 0.4) is 0 Å². The number of aromatic nitrogens is 1. The van der Waals surface area contributed by atoms with Gasteiger partial charge in [0.15, 0.2) is 0 Å². The van der Waals surface area contributed by atoms with Gasteiger partial charge >= 0.3 is 6.18 Å². The molecule has 0 N–H and O–H groups in total. The molecule has 0 unspecified atom stereocenters. The highest BCUT2D eigenvalue weighted by atomic mass is 19.4. The highest BCUT2D eigenvalue weighted by Gasteiger charge is 2.30. The van der Waals surface area contributed by atoms with E-state index in [1.54, 1.807) is 6.07 Å². The molecule has 0 saturated heterocycles. The zero-order valence-corrected chi connectivity index (χ0v) is 9.60. The molecular weight excluding hydrogens is 227 g/mol. The third-order valence-electron chi connectivity index (χ3n) is 2.76. The van der Waals surface area contributed by atoms with E-state index < -0.39 is 11.7 Å². The van der Waals surface area contributed by atoms with Crippen molar-refractivity contribution in [3.8, 4) is 0 Å². The fourth-order valence-corrected chi connectivity index (χ4v) is 1.86. The Morgan fingerprint density at radius 1 is 1.18 bits per heavy atom. The standard InChI is InChI=1S/C13H12F3N/c1-3-11-7-9-6-10(13(14,15)16)4-5-12(9)8(2)17-11/h4-7H,3H2,1-2H3. The smallest absolute Gasteiger partial charge is 0.258 e. The number of fused-ring (bicyclic) bond motifs is 1. The molecule has 0 saturated carbocycles. The Morgan fingerprint density at radius 3 is 2.47 bits per heavy atom. The summed E-state index contributed by atoms with van der Waals surface area (Å²) in [5.41, 5.74) is 0.972. The first kappa shape index (κ1) is 11.9. The Bertz CT molecular complexity index is 558. The highest BCUT2D eigenvalue weighted by molar-refractivity contribution is 5.85. The molecule has 1 heterocycles. The van der Waals surface area contributed by atoms with E-state index in [-0.39, 0.29) is 0 Å². The largest absolute Gasteiger partial charge is 0.416 e. The second kappa shape index (κ2) is 4.02. The maximum absolute atomic E-state index is 12.6. The van der Waals surface area contributed by atoms with Crippen molar-refractivity contribution in [1.29, 1.82) is 0 Å². The van der Waals surface area contributed by atoms with Crippen LogP contribution in [0.1, 0.15) is 23.9 Å². The Balaban J connectivity index is 2.68. The van der Waals surface area contributed by atoms with Crippen LogP contribution in [0.25, 0.3) is 10.8 Å². The Kier molecular flexibility index (Phi) is 2.81. The van der Waals surface area contributed by atoms with Gasteiger partial charge in [0.05, 0.1) is 5.56 Å². The van der Waals surface area contributed by atoms with Crippen molar-refractivity contribution < 1.29 is 13.2 Å². The lowest BCUT2D eigenvalue weighted by atomic mass is 10.0. The first-order valence-electron chi connectivity index (χ1n) is 5.39. The van der Waals surface area contributed by atoms with Crippen LogP contribution in [0.15, 0.2) is 24.3 Å². The van der Waals surface area contributed by atoms with Crippen molar-refractivity contribution in [2.45, 2.75) is 26.4 Å². The summed E-state index contributed by atoms with van der Waals surface area (Å²) >= 11 is 0. The van der Waals surface area contributed by atoms with Crippen LogP contribution in [-0.4, -0.2) is 4.98 Å². The topological polar surface area (TPSA) is 12.9 Å². The maximum atomic E-state index is 12.6. The number of pyridine rings is 1. The van der Waals surface area contributed by atoms with Crippen LogP contribution in [0.5, 0.6) is 0 Å². The third kappa shape index (κ3) is 2.25. The van der Waals surface area contributed by atoms with Crippen LogP contribution in [0, 0.1) is 6.92 Å². The molecule has 0 spiro atoms. The van der Waals surface area contributed by atoms with Gasteiger partial charge in [0.2, 0.25) is 0 Å². The number of halogens is 3. The van der Waals surface area contributed by atoms with E-state index in [1.807, 2.05) is 13.8 Å². The molecule has 2 rings (SSSR count). The van der Waals surface area contributed by atoms with E-state index in [2.05, 4.69) is 4.98 Å². The Hall–Kier alpha value is -1.58. The number of hydrogen-bond donors (Lipinski definition) is 0. The van der Waals surface area contributed by atoms with E-state index >= 15 is 0 Å². The van der Waals surface area contributed by atoms with Gasteiger partial charge in [0.1, 0.15) is 0 Å². The normalized spacial score (nSPS) is 12.1. The summed E-state index contributed by atoms with van der Waals surface area (Å²) in [5.74, 6) is 0. The lowest BCUT2D eigenvalue weighted by molar-refractivity contribution is -0.137. The van der Waals surface area contributed by atoms with Gasteiger partial charge in [-0.1, -0.05) is 13.0 Å². The molecular formula is C13H12F3N. The van der Waals surface area contributed by atoms with E-state index in [4.69, 9.17) is 0 Å². The van der Waals surface area contributed by atoms with Crippen LogP contribution in [-0.2, 0) is 12.6 Å². The molecule has 2 aromatic rings. The van der Waals surface area contributed by atoms with Gasteiger partial charge in [-0.25, -0.2) is 0 Å². The molecule has 0 amide bonds. The van der Waals surface area contributed by atoms with Gasteiger partial charge in [-0.05, 0) is 36.9 Å². The molecule has 0 radical (unpaired) electrons. The molecule has 0 bridgehead atoms. The number of nitrogens with zero attached hydrogens (tertiary/aromatic N) is 1. The SMILES string of the molecule is CCc1cc2cc(C(F)(F)F)ccc2c(C)n1.